The SMILES string of the molecule is C=C(F)C(=O)N1C=NCC1. The number of aliphatic imine (C=N–C) groups is 1. The van der Waals surface area contributed by atoms with E-state index in [0.29, 0.717) is 13.1 Å². The van der Waals surface area contributed by atoms with Gasteiger partial charge in [0.15, 0.2) is 5.83 Å². The Balaban J connectivity index is 2.57. The number of carbonyl (C=O) groups excluding carboxylic acids is 1. The van der Waals surface area contributed by atoms with Crippen LogP contribution in [-0.4, -0.2) is 30.2 Å². The zero-order chi connectivity index (χ0) is 7.56. The van der Waals surface area contributed by atoms with Crippen molar-refractivity contribution in [2.75, 3.05) is 13.1 Å². The monoisotopic (exact) mass is 142 g/mol. The third-order valence-corrected chi connectivity index (χ3v) is 1.18. The first-order valence-electron chi connectivity index (χ1n) is 2.87. The second kappa shape index (κ2) is 2.60. The van der Waals surface area contributed by atoms with Crippen LogP contribution in [0.1, 0.15) is 0 Å². The quantitative estimate of drug-likeness (QED) is 0.486. The molecule has 0 aliphatic carbocycles. The zero-order valence-corrected chi connectivity index (χ0v) is 5.38. The topological polar surface area (TPSA) is 32.7 Å². The van der Waals surface area contributed by atoms with Crippen molar-refractivity contribution in [1.29, 1.82) is 0 Å². The van der Waals surface area contributed by atoms with Gasteiger partial charge in [0, 0.05) is 6.54 Å². The predicted octanol–water partition coefficient (Wildman–Crippen LogP) is 0.340. The molecular formula is C6H7FN2O. The Labute approximate surface area is 57.9 Å². The lowest BCUT2D eigenvalue weighted by Crippen LogP contribution is -2.27. The minimum atomic E-state index is -0.937. The Morgan fingerprint density at radius 2 is 2.50 bits per heavy atom. The standard InChI is InChI=1S/C6H7FN2O/c1-5(7)6(10)9-3-2-8-4-9/h4H,1-3H2. The van der Waals surface area contributed by atoms with E-state index in [4.69, 9.17) is 0 Å². The van der Waals surface area contributed by atoms with Crippen LogP contribution in [0.2, 0.25) is 0 Å². The maximum absolute atomic E-state index is 12.1. The first kappa shape index (κ1) is 6.92. The van der Waals surface area contributed by atoms with Gasteiger partial charge in [-0.25, -0.2) is 4.39 Å². The maximum atomic E-state index is 12.1. The van der Waals surface area contributed by atoms with Crippen molar-refractivity contribution < 1.29 is 9.18 Å². The van der Waals surface area contributed by atoms with E-state index in [9.17, 15) is 9.18 Å². The Hall–Kier alpha value is -1.19. The van der Waals surface area contributed by atoms with Crippen LogP contribution in [0.4, 0.5) is 4.39 Å². The second-order valence-corrected chi connectivity index (χ2v) is 1.93. The zero-order valence-electron chi connectivity index (χ0n) is 5.38. The van der Waals surface area contributed by atoms with Crippen LogP contribution in [0.5, 0.6) is 0 Å². The first-order chi connectivity index (χ1) is 4.72. The molecule has 1 rings (SSSR count). The van der Waals surface area contributed by atoms with Gasteiger partial charge in [0.05, 0.1) is 12.9 Å². The predicted molar refractivity (Wildman–Crippen MR) is 35.3 cm³/mol. The molecule has 0 fully saturated rings. The van der Waals surface area contributed by atoms with Gasteiger partial charge in [-0.05, 0) is 0 Å². The number of hydrogen-bond donors (Lipinski definition) is 0. The lowest BCUT2D eigenvalue weighted by molar-refractivity contribution is -0.124. The lowest BCUT2D eigenvalue weighted by Gasteiger charge is -2.07. The molecule has 1 heterocycles. The van der Waals surface area contributed by atoms with Gasteiger partial charge in [0.25, 0.3) is 5.91 Å². The third kappa shape index (κ3) is 1.21. The number of amides is 1. The second-order valence-electron chi connectivity index (χ2n) is 1.93. The molecule has 0 saturated heterocycles. The van der Waals surface area contributed by atoms with E-state index in [1.807, 2.05) is 0 Å². The van der Waals surface area contributed by atoms with E-state index in [0.717, 1.165) is 0 Å². The minimum absolute atomic E-state index is 0.460. The summed E-state index contributed by atoms with van der Waals surface area (Å²) >= 11 is 0. The summed E-state index contributed by atoms with van der Waals surface area (Å²) in [5.41, 5.74) is 0. The average Bonchev–Trinajstić information content (AvgIpc) is 2.36. The fraction of sp³-hybridized carbons (Fsp3) is 0.333. The summed E-state index contributed by atoms with van der Waals surface area (Å²) in [5, 5.41) is 0. The fourth-order valence-electron chi connectivity index (χ4n) is 0.689. The molecule has 3 nitrogen and oxygen atoms in total. The minimum Gasteiger partial charge on any atom is -0.295 e. The Morgan fingerprint density at radius 1 is 1.80 bits per heavy atom. The first-order valence-corrected chi connectivity index (χ1v) is 2.87. The number of hydrogen-bond acceptors (Lipinski definition) is 2. The molecule has 1 amide bonds. The molecule has 0 aromatic rings. The largest absolute Gasteiger partial charge is 0.295 e. The smallest absolute Gasteiger partial charge is 0.287 e. The Morgan fingerprint density at radius 3 is 2.90 bits per heavy atom. The number of nitrogens with zero attached hydrogens (tertiary/aromatic N) is 2. The third-order valence-electron chi connectivity index (χ3n) is 1.18. The molecule has 0 spiro atoms. The van der Waals surface area contributed by atoms with Gasteiger partial charge >= 0.3 is 0 Å². The molecule has 4 heteroatoms. The highest BCUT2D eigenvalue weighted by Crippen LogP contribution is 2.01. The lowest BCUT2D eigenvalue weighted by atomic mass is 10.5. The molecule has 1 aliphatic heterocycles. The summed E-state index contributed by atoms with van der Waals surface area (Å²) in [4.78, 5) is 15.6. The summed E-state index contributed by atoms with van der Waals surface area (Å²) in [6.45, 7) is 3.89. The summed E-state index contributed by atoms with van der Waals surface area (Å²) in [6.07, 6.45) is 1.33. The molecule has 0 N–H and O–H groups in total. The van der Waals surface area contributed by atoms with Crippen LogP contribution in [0.25, 0.3) is 0 Å². The van der Waals surface area contributed by atoms with Gasteiger partial charge < -0.3 is 0 Å². The van der Waals surface area contributed by atoms with E-state index >= 15 is 0 Å². The van der Waals surface area contributed by atoms with Gasteiger partial charge in [-0.2, -0.15) is 0 Å². The molecular weight excluding hydrogens is 135 g/mol. The van der Waals surface area contributed by atoms with Crippen LogP contribution in [0.15, 0.2) is 17.4 Å². The number of halogens is 1. The fourth-order valence-corrected chi connectivity index (χ4v) is 0.689. The summed E-state index contributed by atoms with van der Waals surface area (Å²) < 4.78 is 12.1. The molecule has 0 saturated carbocycles. The van der Waals surface area contributed by atoms with Crippen molar-refractivity contribution in [3.05, 3.63) is 12.4 Å². The van der Waals surface area contributed by atoms with Gasteiger partial charge in [-0.3, -0.25) is 14.7 Å². The summed E-state index contributed by atoms with van der Waals surface area (Å²) in [7, 11) is 0. The van der Waals surface area contributed by atoms with Crippen molar-refractivity contribution in [3.8, 4) is 0 Å². The maximum Gasteiger partial charge on any atom is 0.287 e. The van der Waals surface area contributed by atoms with Crippen LogP contribution in [-0.2, 0) is 4.79 Å². The molecule has 0 bridgehead atoms. The molecule has 54 valence electrons. The molecule has 10 heavy (non-hydrogen) atoms. The number of rotatable bonds is 1. The molecule has 0 aromatic carbocycles. The van der Waals surface area contributed by atoms with Crippen LogP contribution < -0.4 is 0 Å². The molecule has 0 aromatic heterocycles. The van der Waals surface area contributed by atoms with Gasteiger partial charge in [0.2, 0.25) is 0 Å². The van der Waals surface area contributed by atoms with Crippen molar-refractivity contribution >= 4 is 12.2 Å². The molecule has 1 aliphatic rings. The van der Waals surface area contributed by atoms with Crippen molar-refractivity contribution in [2.24, 2.45) is 4.99 Å². The van der Waals surface area contributed by atoms with Crippen LogP contribution in [0, 0.1) is 0 Å². The summed E-state index contributed by atoms with van der Waals surface area (Å²) in [6, 6.07) is 0. The van der Waals surface area contributed by atoms with Gasteiger partial charge in [-0.15, -0.1) is 0 Å². The molecule has 0 unspecified atom stereocenters. The summed E-state index contributed by atoms with van der Waals surface area (Å²) in [5.74, 6) is -1.63. The normalized spacial score (nSPS) is 15.9. The van der Waals surface area contributed by atoms with E-state index in [-0.39, 0.29) is 0 Å². The highest BCUT2D eigenvalue weighted by atomic mass is 19.1. The van der Waals surface area contributed by atoms with Crippen LogP contribution >= 0.6 is 0 Å². The Kier molecular flexibility index (Phi) is 1.80. The van der Waals surface area contributed by atoms with E-state index in [1.165, 1.54) is 11.2 Å². The van der Waals surface area contributed by atoms with Gasteiger partial charge in [-0.1, -0.05) is 6.58 Å². The highest BCUT2D eigenvalue weighted by molar-refractivity contribution is 5.98. The van der Waals surface area contributed by atoms with E-state index in [2.05, 4.69) is 11.6 Å². The number of carbonyl (C=O) groups is 1. The van der Waals surface area contributed by atoms with E-state index in [1.54, 1.807) is 0 Å². The van der Waals surface area contributed by atoms with Crippen molar-refractivity contribution in [1.82, 2.24) is 4.90 Å². The van der Waals surface area contributed by atoms with Crippen LogP contribution in [0.3, 0.4) is 0 Å². The van der Waals surface area contributed by atoms with Crippen molar-refractivity contribution in [3.63, 3.8) is 0 Å². The molecule has 0 atom stereocenters. The highest BCUT2D eigenvalue weighted by Gasteiger charge is 2.16. The Bertz CT molecular complexity index is 200. The van der Waals surface area contributed by atoms with Crippen molar-refractivity contribution in [2.45, 2.75) is 0 Å². The van der Waals surface area contributed by atoms with E-state index < -0.39 is 11.7 Å². The molecule has 0 radical (unpaired) electrons. The average molecular weight is 142 g/mol. The van der Waals surface area contributed by atoms with Gasteiger partial charge in [0.1, 0.15) is 0 Å².